The third kappa shape index (κ3) is 4.60. The highest BCUT2D eigenvalue weighted by Gasteiger charge is 2.32. The van der Waals surface area contributed by atoms with E-state index < -0.39 is 35.0 Å². The van der Waals surface area contributed by atoms with Gasteiger partial charge in [0.1, 0.15) is 10.6 Å². The minimum atomic E-state index is -4.94. The number of alkyl halides is 5. The Balaban J connectivity index is 2.30. The van der Waals surface area contributed by atoms with E-state index in [1.807, 2.05) is 0 Å². The average Bonchev–Trinajstić information content (AvgIpc) is 2.92. The molecule has 0 fully saturated rings. The largest absolute Gasteiger partial charge is 0.573 e. The van der Waals surface area contributed by atoms with Gasteiger partial charge in [-0.25, -0.2) is 8.78 Å². The van der Waals surface area contributed by atoms with Crippen molar-refractivity contribution in [1.29, 1.82) is 0 Å². The van der Waals surface area contributed by atoms with Gasteiger partial charge >= 0.3 is 6.36 Å². The normalized spacial score (nSPS) is 11.7. The molecule has 0 aliphatic rings. The predicted octanol–water partition coefficient (Wildman–Crippen LogP) is 5.15. The number of anilines is 1. The van der Waals surface area contributed by atoms with Crippen LogP contribution in [0, 0.1) is 0 Å². The monoisotopic (exact) mass is 495 g/mol. The Morgan fingerprint density at radius 3 is 2.50 bits per heavy atom. The van der Waals surface area contributed by atoms with Crippen molar-refractivity contribution in [2.24, 2.45) is 0 Å². The Labute approximate surface area is 151 Å². The summed E-state index contributed by atoms with van der Waals surface area (Å²) in [5, 5.41) is 5.35. The molecule has 1 aromatic heterocycles. The van der Waals surface area contributed by atoms with Crippen molar-refractivity contribution in [2.75, 3.05) is 5.32 Å². The summed E-state index contributed by atoms with van der Waals surface area (Å²) in [6.07, 6.45) is -7.95. The van der Waals surface area contributed by atoms with Gasteiger partial charge < -0.3 is 10.1 Å². The number of halogens is 7. The minimum absolute atomic E-state index is 0.0302. The van der Waals surface area contributed by atoms with Crippen LogP contribution in [0.5, 0.6) is 5.75 Å². The van der Waals surface area contributed by atoms with Crippen molar-refractivity contribution in [3.8, 4) is 5.75 Å². The highest BCUT2D eigenvalue weighted by atomic mass is 79.9. The number of ether oxygens (including phenoxy) is 1. The third-order valence-corrected chi connectivity index (χ3v) is 4.44. The first-order valence-corrected chi connectivity index (χ1v) is 8.11. The van der Waals surface area contributed by atoms with E-state index in [1.54, 1.807) is 0 Å². The average molecular weight is 497 g/mol. The van der Waals surface area contributed by atoms with Crippen molar-refractivity contribution in [1.82, 2.24) is 9.59 Å². The summed E-state index contributed by atoms with van der Waals surface area (Å²) in [5.74, 6) is -1.60. The summed E-state index contributed by atoms with van der Waals surface area (Å²) in [5.41, 5.74) is -0.923. The van der Waals surface area contributed by atoms with E-state index in [0.29, 0.717) is 11.5 Å². The number of rotatable bonds is 4. The van der Waals surface area contributed by atoms with E-state index in [2.05, 4.69) is 51.5 Å². The van der Waals surface area contributed by atoms with Crippen LogP contribution in [0.15, 0.2) is 21.1 Å². The van der Waals surface area contributed by atoms with Crippen molar-refractivity contribution in [3.05, 3.63) is 31.6 Å². The van der Waals surface area contributed by atoms with Gasteiger partial charge in [-0.2, -0.15) is 0 Å². The number of hydrogen-bond acceptors (Lipinski definition) is 5. The number of carbonyl (C=O) groups is 1. The van der Waals surface area contributed by atoms with Crippen LogP contribution in [0.2, 0.25) is 0 Å². The van der Waals surface area contributed by atoms with E-state index >= 15 is 0 Å². The van der Waals surface area contributed by atoms with E-state index in [1.165, 1.54) is 6.07 Å². The van der Waals surface area contributed by atoms with E-state index in [4.69, 9.17) is 0 Å². The molecule has 13 heteroatoms. The summed E-state index contributed by atoms with van der Waals surface area (Å²) < 4.78 is 69.7. The Morgan fingerprint density at radius 2 is 1.92 bits per heavy atom. The number of amides is 1. The maximum absolute atomic E-state index is 12.7. The Bertz CT molecular complexity index is 769. The van der Waals surface area contributed by atoms with Crippen molar-refractivity contribution in [2.45, 2.75) is 12.8 Å². The molecule has 1 aromatic carbocycles. The molecule has 24 heavy (non-hydrogen) atoms. The standard InChI is InChI=1S/C11H4Br2F5N3O2S/c12-3-1-4(13)6(23-11(16,17)18)2-5(3)19-10(22)8-7(9(14)15)20-21-24-8/h1-2,9H,(H,19,22). The molecule has 0 aliphatic heterocycles. The lowest BCUT2D eigenvalue weighted by molar-refractivity contribution is -0.274. The summed E-state index contributed by atoms with van der Waals surface area (Å²) in [6, 6.07) is 2.09. The SMILES string of the molecule is O=C(Nc1cc(OC(F)(F)F)c(Br)cc1Br)c1snnc1C(F)F. The van der Waals surface area contributed by atoms with Crippen LogP contribution >= 0.6 is 43.4 Å². The van der Waals surface area contributed by atoms with Crippen LogP contribution < -0.4 is 10.1 Å². The number of nitrogens with one attached hydrogen (secondary N) is 1. The first-order valence-electron chi connectivity index (χ1n) is 5.75. The molecule has 0 bridgehead atoms. The molecule has 0 saturated carbocycles. The maximum atomic E-state index is 12.7. The number of hydrogen-bond donors (Lipinski definition) is 1. The van der Waals surface area contributed by atoms with Crippen LogP contribution in [0.4, 0.5) is 27.6 Å². The molecule has 130 valence electrons. The van der Waals surface area contributed by atoms with Gasteiger partial charge in [0.05, 0.1) is 10.2 Å². The fraction of sp³-hybridized carbons (Fsp3) is 0.182. The zero-order valence-corrected chi connectivity index (χ0v) is 15.0. The molecular weight excluding hydrogens is 493 g/mol. The lowest BCUT2D eigenvalue weighted by atomic mass is 10.3. The van der Waals surface area contributed by atoms with Crippen LogP contribution in [-0.4, -0.2) is 21.9 Å². The molecule has 0 saturated heterocycles. The summed E-state index contributed by atoms with van der Waals surface area (Å²) in [6.45, 7) is 0. The molecule has 5 nitrogen and oxygen atoms in total. The summed E-state index contributed by atoms with van der Waals surface area (Å²) >= 11 is 6.37. The van der Waals surface area contributed by atoms with E-state index in [0.717, 1.165) is 6.07 Å². The van der Waals surface area contributed by atoms with Crippen LogP contribution in [-0.2, 0) is 0 Å². The Hall–Kier alpha value is -1.34. The highest BCUT2D eigenvalue weighted by molar-refractivity contribution is 9.11. The second-order valence-corrected chi connectivity index (χ2v) is 6.52. The van der Waals surface area contributed by atoms with Crippen LogP contribution in [0.25, 0.3) is 0 Å². The molecule has 1 heterocycles. The van der Waals surface area contributed by atoms with Gasteiger partial charge in [-0.05, 0) is 49.5 Å². The number of benzene rings is 1. The summed E-state index contributed by atoms with van der Waals surface area (Å²) in [7, 11) is 0. The van der Waals surface area contributed by atoms with Gasteiger partial charge in [0.2, 0.25) is 0 Å². The third-order valence-electron chi connectivity index (χ3n) is 2.42. The molecule has 0 atom stereocenters. The van der Waals surface area contributed by atoms with Gasteiger partial charge in [-0.1, -0.05) is 4.49 Å². The van der Waals surface area contributed by atoms with Gasteiger partial charge in [0, 0.05) is 10.5 Å². The first-order chi connectivity index (χ1) is 11.1. The van der Waals surface area contributed by atoms with Crippen LogP contribution in [0.3, 0.4) is 0 Å². The molecule has 2 aromatic rings. The van der Waals surface area contributed by atoms with Crippen molar-refractivity contribution in [3.63, 3.8) is 0 Å². The molecule has 1 N–H and O–H groups in total. The zero-order chi connectivity index (χ0) is 18.1. The quantitative estimate of drug-likeness (QED) is 0.594. The molecule has 0 spiro atoms. The molecule has 1 amide bonds. The first kappa shape index (κ1) is 19.0. The number of aromatic nitrogens is 2. The van der Waals surface area contributed by atoms with Gasteiger partial charge in [-0.15, -0.1) is 18.3 Å². The lowest BCUT2D eigenvalue weighted by Crippen LogP contribution is -2.18. The van der Waals surface area contributed by atoms with Gasteiger partial charge in [0.15, 0.2) is 5.69 Å². The maximum Gasteiger partial charge on any atom is 0.573 e. The molecule has 0 aliphatic carbocycles. The molecule has 2 rings (SSSR count). The van der Waals surface area contributed by atoms with E-state index in [-0.39, 0.29) is 14.6 Å². The lowest BCUT2D eigenvalue weighted by Gasteiger charge is -2.14. The van der Waals surface area contributed by atoms with Crippen molar-refractivity contribution < 1.29 is 31.5 Å². The highest BCUT2D eigenvalue weighted by Crippen LogP contribution is 2.37. The topological polar surface area (TPSA) is 64.1 Å². The molecule has 0 radical (unpaired) electrons. The molecule has 0 unspecified atom stereocenters. The number of nitrogens with zero attached hydrogens (tertiary/aromatic N) is 2. The second-order valence-electron chi connectivity index (χ2n) is 4.05. The van der Waals surface area contributed by atoms with Gasteiger partial charge in [-0.3, -0.25) is 4.79 Å². The Morgan fingerprint density at radius 1 is 1.25 bits per heavy atom. The predicted molar refractivity (Wildman–Crippen MR) is 81.3 cm³/mol. The fourth-order valence-corrected chi connectivity index (χ4v) is 3.25. The van der Waals surface area contributed by atoms with Gasteiger partial charge in [0.25, 0.3) is 12.3 Å². The van der Waals surface area contributed by atoms with E-state index in [9.17, 15) is 26.7 Å². The summed E-state index contributed by atoms with van der Waals surface area (Å²) in [4.78, 5) is 11.6. The Kier molecular flexibility index (Phi) is 5.75. The van der Waals surface area contributed by atoms with Crippen molar-refractivity contribution >= 4 is 55.0 Å². The number of carbonyl (C=O) groups excluding carboxylic acids is 1. The molecular formula is C11H4Br2F5N3O2S. The second kappa shape index (κ2) is 7.27. The minimum Gasteiger partial charge on any atom is -0.405 e. The smallest absolute Gasteiger partial charge is 0.405 e. The van der Waals surface area contributed by atoms with Crippen LogP contribution in [0.1, 0.15) is 21.8 Å². The zero-order valence-electron chi connectivity index (χ0n) is 11.0. The fourth-order valence-electron chi connectivity index (χ4n) is 1.50.